The lowest BCUT2D eigenvalue weighted by Gasteiger charge is -2.17. The molecule has 0 saturated carbocycles. The van der Waals surface area contributed by atoms with Gasteiger partial charge >= 0.3 is 0 Å². The van der Waals surface area contributed by atoms with E-state index in [1.165, 1.54) is 8.45 Å². The van der Waals surface area contributed by atoms with Gasteiger partial charge in [-0.1, -0.05) is 6.92 Å². The quantitative estimate of drug-likeness (QED) is 0.764. The summed E-state index contributed by atoms with van der Waals surface area (Å²) < 4.78 is 6.82. The van der Waals surface area contributed by atoms with Crippen molar-refractivity contribution in [3.05, 3.63) is 43.9 Å². The topological polar surface area (TPSA) is 34.2 Å². The number of pyridine rings is 1. The Morgan fingerprint density at radius 2 is 2.16 bits per heavy atom. The molecule has 0 aliphatic carbocycles. The summed E-state index contributed by atoms with van der Waals surface area (Å²) in [7, 11) is 0. The number of nitrogens with zero attached hydrogens (tertiary/aromatic N) is 1. The van der Waals surface area contributed by atoms with Gasteiger partial charge in [-0.3, -0.25) is 4.98 Å². The van der Waals surface area contributed by atoms with E-state index in [2.05, 4.69) is 57.3 Å². The Labute approximate surface area is 131 Å². The molecule has 2 aromatic rings. The Morgan fingerprint density at radius 3 is 2.79 bits per heavy atom. The lowest BCUT2D eigenvalue weighted by Crippen LogP contribution is -2.21. The standard InChI is InChI=1S/C14H17IN2OS/c1-3-17-14(11-6-13(15)19-9-11)10-5-12(18-4-2)8-16-7-10/h5-9,14,17H,3-4H2,1-2H3. The summed E-state index contributed by atoms with van der Waals surface area (Å²) in [5.74, 6) is 0.827. The molecule has 1 unspecified atom stereocenters. The van der Waals surface area contributed by atoms with E-state index >= 15 is 0 Å². The molecule has 3 nitrogen and oxygen atoms in total. The second-order valence-corrected chi connectivity index (χ2v) is 6.87. The molecule has 2 aromatic heterocycles. The van der Waals surface area contributed by atoms with Crippen LogP contribution in [0.3, 0.4) is 0 Å². The summed E-state index contributed by atoms with van der Waals surface area (Å²) in [4.78, 5) is 4.28. The molecule has 0 saturated heterocycles. The maximum Gasteiger partial charge on any atom is 0.137 e. The Morgan fingerprint density at radius 1 is 1.32 bits per heavy atom. The van der Waals surface area contributed by atoms with Crippen molar-refractivity contribution in [1.82, 2.24) is 10.3 Å². The van der Waals surface area contributed by atoms with E-state index < -0.39 is 0 Å². The minimum atomic E-state index is 0.178. The van der Waals surface area contributed by atoms with Crippen molar-refractivity contribution in [2.24, 2.45) is 0 Å². The first-order valence-corrected chi connectivity index (χ1v) is 8.25. The lowest BCUT2D eigenvalue weighted by molar-refractivity contribution is 0.338. The second-order valence-electron chi connectivity index (χ2n) is 4.06. The molecule has 1 atom stereocenters. The van der Waals surface area contributed by atoms with Gasteiger partial charge in [0.1, 0.15) is 5.75 Å². The van der Waals surface area contributed by atoms with Crippen LogP contribution in [0.1, 0.15) is 31.0 Å². The van der Waals surface area contributed by atoms with E-state index in [1.807, 2.05) is 13.1 Å². The first-order chi connectivity index (χ1) is 9.24. The minimum Gasteiger partial charge on any atom is -0.492 e. The van der Waals surface area contributed by atoms with Gasteiger partial charge in [-0.2, -0.15) is 0 Å². The van der Waals surface area contributed by atoms with Gasteiger partial charge in [0, 0.05) is 6.20 Å². The van der Waals surface area contributed by atoms with Crippen LogP contribution in [-0.2, 0) is 0 Å². The predicted molar refractivity (Wildman–Crippen MR) is 88.0 cm³/mol. The fourth-order valence-corrected chi connectivity index (χ4v) is 3.34. The number of hydrogen-bond donors (Lipinski definition) is 1. The molecule has 2 heterocycles. The van der Waals surface area contributed by atoms with Crippen molar-refractivity contribution >= 4 is 33.9 Å². The van der Waals surface area contributed by atoms with Crippen molar-refractivity contribution in [2.45, 2.75) is 19.9 Å². The maximum absolute atomic E-state index is 5.53. The third-order valence-electron chi connectivity index (χ3n) is 2.71. The molecule has 0 aliphatic rings. The third-order valence-corrected chi connectivity index (χ3v) is 4.52. The molecule has 19 heavy (non-hydrogen) atoms. The third kappa shape index (κ3) is 3.90. The van der Waals surface area contributed by atoms with Gasteiger partial charge in [-0.25, -0.2) is 0 Å². The van der Waals surface area contributed by atoms with Crippen LogP contribution in [0.4, 0.5) is 0 Å². The van der Waals surface area contributed by atoms with Gasteiger partial charge in [0.2, 0.25) is 0 Å². The van der Waals surface area contributed by atoms with Crippen LogP contribution in [0.15, 0.2) is 29.9 Å². The number of hydrogen-bond acceptors (Lipinski definition) is 4. The first kappa shape index (κ1) is 14.7. The zero-order valence-electron chi connectivity index (χ0n) is 11.0. The van der Waals surface area contributed by atoms with Gasteiger partial charge in [0.15, 0.2) is 0 Å². The SMILES string of the molecule is CCNC(c1cncc(OCC)c1)c1csc(I)c1. The van der Waals surface area contributed by atoms with Crippen LogP contribution in [0.25, 0.3) is 0 Å². The lowest BCUT2D eigenvalue weighted by atomic mass is 10.0. The molecule has 0 fully saturated rings. The van der Waals surface area contributed by atoms with E-state index in [0.29, 0.717) is 6.61 Å². The molecule has 0 aromatic carbocycles. The maximum atomic E-state index is 5.53. The monoisotopic (exact) mass is 388 g/mol. The zero-order valence-corrected chi connectivity index (χ0v) is 14.0. The molecular weight excluding hydrogens is 371 g/mol. The number of aromatic nitrogens is 1. The Bertz CT molecular complexity index is 530. The molecule has 5 heteroatoms. The summed E-state index contributed by atoms with van der Waals surface area (Å²) in [6, 6.07) is 4.46. The van der Waals surface area contributed by atoms with E-state index in [-0.39, 0.29) is 6.04 Å². The van der Waals surface area contributed by atoms with Crippen LogP contribution < -0.4 is 10.1 Å². The summed E-state index contributed by atoms with van der Waals surface area (Å²) >= 11 is 4.11. The highest BCUT2D eigenvalue weighted by Gasteiger charge is 2.15. The Hall–Kier alpha value is -0.660. The van der Waals surface area contributed by atoms with E-state index in [1.54, 1.807) is 17.5 Å². The van der Waals surface area contributed by atoms with Crippen LogP contribution >= 0.6 is 33.9 Å². The van der Waals surface area contributed by atoms with E-state index in [4.69, 9.17) is 4.74 Å². The summed E-state index contributed by atoms with van der Waals surface area (Å²) in [6.07, 6.45) is 3.66. The largest absolute Gasteiger partial charge is 0.492 e. The number of rotatable bonds is 6. The number of halogens is 1. The molecule has 0 bridgehead atoms. The van der Waals surface area contributed by atoms with Crippen LogP contribution in [-0.4, -0.2) is 18.1 Å². The first-order valence-electron chi connectivity index (χ1n) is 6.29. The van der Waals surface area contributed by atoms with Gasteiger partial charge in [-0.05, 0) is 64.7 Å². The van der Waals surface area contributed by atoms with Gasteiger partial charge in [-0.15, -0.1) is 11.3 Å². The molecule has 0 spiro atoms. The van der Waals surface area contributed by atoms with Crippen molar-refractivity contribution in [3.8, 4) is 5.75 Å². The highest BCUT2D eigenvalue weighted by molar-refractivity contribution is 14.1. The molecule has 102 valence electrons. The predicted octanol–water partition coefficient (Wildman–Crippen LogP) is 3.85. The molecule has 1 N–H and O–H groups in total. The molecule has 0 aliphatic heterocycles. The average Bonchev–Trinajstić information content (AvgIpc) is 2.83. The fraction of sp³-hybridized carbons (Fsp3) is 0.357. The zero-order chi connectivity index (χ0) is 13.7. The van der Waals surface area contributed by atoms with Crippen molar-refractivity contribution < 1.29 is 4.74 Å². The Kier molecular flexibility index (Phi) is 5.59. The molecule has 0 radical (unpaired) electrons. The molecule has 2 rings (SSSR count). The summed E-state index contributed by atoms with van der Waals surface area (Å²) in [5.41, 5.74) is 2.42. The van der Waals surface area contributed by atoms with Crippen molar-refractivity contribution in [2.75, 3.05) is 13.2 Å². The number of ether oxygens (including phenoxy) is 1. The van der Waals surface area contributed by atoms with Crippen LogP contribution in [0, 0.1) is 2.88 Å². The molecular formula is C14H17IN2OS. The highest BCUT2D eigenvalue weighted by Crippen LogP contribution is 2.28. The van der Waals surface area contributed by atoms with Gasteiger partial charge in [0.05, 0.1) is 21.7 Å². The minimum absolute atomic E-state index is 0.178. The van der Waals surface area contributed by atoms with Crippen LogP contribution in [0.2, 0.25) is 0 Å². The molecule has 0 amide bonds. The average molecular weight is 388 g/mol. The fourth-order valence-electron chi connectivity index (χ4n) is 1.95. The summed E-state index contributed by atoms with van der Waals surface area (Å²) in [5, 5.41) is 5.70. The van der Waals surface area contributed by atoms with Crippen molar-refractivity contribution in [1.29, 1.82) is 0 Å². The van der Waals surface area contributed by atoms with Crippen molar-refractivity contribution in [3.63, 3.8) is 0 Å². The Balaban J connectivity index is 2.30. The van der Waals surface area contributed by atoms with Gasteiger partial charge in [0.25, 0.3) is 0 Å². The van der Waals surface area contributed by atoms with E-state index in [0.717, 1.165) is 17.9 Å². The normalized spacial score (nSPS) is 12.4. The van der Waals surface area contributed by atoms with Gasteiger partial charge < -0.3 is 10.1 Å². The summed E-state index contributed by atoms with van der Waals surface area (Å²) in [6.45, 7) is 5.67. The van der Waals surface area contributed by atoms with E-state index in [9.17, 15) is 0 Å². The smallest absolute Gasteiger partial charge is 0.137 e. The number of nitrogens with one attached hydrogen (secondary N) is 1. The second kappa shape index (κ2) is 7.21. The van der Waals surface area contributed by atoms with Crippen LogP contribution in [0.5, 0.6) is 5.75 Å². The number of thiophene rings is 1. The highest BCUT2D eigenvalue weighted by atomic mass is 127.